The van der Waals surface area contributed by atoms with Crippen LogP contribution in [0.4, 0.5) is 10.1 Å². The molecule has 1 aromatic carbocycles. The summed E-state index contributed by atoms with van der Waals surface area (Å²) in [5.41, 5.74) is 3.11. The molecule has 3 fully saturated rings. The number of thioether (sulfide) groups is 1. The first-order valence-electron chi connectivity index (χ1n) is 9.88. The zero-order valence-corrected chi connectivity index (χ0v) is 17.6. The molecule has 1 N–H and O–H groups in total. The molecule has 3 atom stereocenters. The number of aliphatic imine (C=N–C) groups is 1. The number of halogens is 3. The second kappa shape index (κ2) is 6.19. The van der Waals surface area contributed by atoms with Crippen LogP contribution in [0.5, 0.6) is 0 Å². The third-order valence-corrected chi connectivity index (χ3v) is 8.21. The molecule has 1 aromatic rings. The van der Waals surface area contributed by atoms with Crippen molar-refractivity contribution in [1.82, 2.24) is 9.80 Å². The van der Waals surface area contributed by atoms with Crippen molar-refractivity contribution in [2.45, 2.75) is 35.6 Å². The average molecular weight is 439 g/mol. The molecular formula is C20H21Cl2FN4S. The van der Waals surface area contributed by atoms with Gasteiger partial charge in [-0.1, -0.05) is 29.4 Å². The first kappa shape index (κ1) is 17.7. The van der Waals surface area contributed by atoms with Gasteiger partial charge in [-0.15, -0.1) is 11.6 Å². The van der Waals surface area contributed by atoms with Gasteiger partial charge in [-0.3, -0.25) is 4.99 Å². The van der Waals surface area contributed by atoms with E-state index in [1.165, 1.54) is 24.6 Å². The molecule has 5 aliphatic rings. The summed E-state index contributed by atoms with van der Waals surface area (Å²) >= 11 is 14.5. The fourth-order valence-corrected chi connectivity index (χ4v) is 6.27. The summed E-state index contributed by atoms with van der Waals surface area (Å²) in [4.78, 5) is 9.58. The Kier molecular flexibility index (Phi) is 3.92. The molecule has 3 heterocycles. The van der Waals surface area contributed by atoms with E-state index in [0.717, 1.165) is 42.5 Å². The van der Waals surface area contributed by atoms with Gasteiger partial charge >= 0.3 is 0 Å². The maximum absolute atomic E-state index is 14.0. The van der Waals surface area contributed by atoms with Gasteiger partial charge in [0.25, 0.3) is 0 Å². The van der Waals surface area contributed by atoms with Crippen molar-refractivity contribution in [1.29, 1.82) is 0 Å². The zero-order chi connectivity index (χ0) is 19.0. The summed E-state index contributed by atoms with van der Waals surface area (Å²) in [7, 11) is 0. The monoisotopic (exact) mass is 438 g/mol. The first-order valence-corrected chi connectivity index (χ1v) is 11.6. The molecule has 8 heteroatoms. The molecule has 148 valence electrons. The van der Waals surface area contributed by atoms with E-state index in [1.807, 2.05) is 0 Å². The molecule has 3 aliphatic heterocycles. The van der Waals surface area contributed by atoms with Gasteiger partial charge in [-0.2, -0.15) is 0 Å². The lowest BCUT2D eigenvalue weighted by Crippen LogP contribution is -2.55. The number of fused-ring (bicyclic) bond motifs is 2. The number of nitrogens with zero attached hydrogens (tertiary/aromatic N) is 3. The highest BCUT2D eigenvalue weighted by Crippen LogP contribution is 2.53. The second-order valence-corrected chi connectivity index (χ2v) is 10.8. The van der Waals surface area contributed by atoms with Crippen LogP contribution >= 0.6 is 35.0 Å². The lowest BCUT2D eigenvalue weighted by Gasteiger charge is -2.45. The summed E-state index contributed by atoms with van der Waals surface area (Å²) in [5, 5.41) is 5.09. The number of nitrogens with one attached hydrogen (secondary N) is 1. The van der Waals surface area contributed by atoms with Gasteiger partial charge in [-0.25, -0.2) is 4.39 Å². The quantitative estimate of drug-likeness (QED) is 0.656. The number of benzene rings is 1. The highest BCUT2D eigenvalue weighted by atomic mass is 35.5. The summed E-state index contributed by atoms with van der Waals surface area (Å²) in [6.45, 7) is 3.51. The van der Waals surface area contributed by atoms with E-state index in [0.29, 0.717) is 23.5 Å². The van der Waals surface area contributed by atoms with Crippen LogP contribution in [-0.2, 0) is 0 Å². The van der Waals surface area contributed by atoms with E-state index in [-0.39, 0.29) is 16.1 Å². The second-order valence-electron chi connectivity index (χ2n) is 8.46. The molecule has 0 amide bonds. The number of rotatable bonds is 1. The molecule has 28 heavy (non-hydrogen) atoms. The third-order valence-electron chi connectivity index (χ3n) is 6.51. The van der Waals surface area contributed by atoms with Crippen LogP contribution in [0.15, 0.2) is 23.2 Å². The highest BCUT2D eigenvalue weighted by molar-refractivity contribution is 8.15. The number of piperazine rings is 1. The van der Waals surface area contributed by atoms with Gasteiger partial charge in [0, 0.05) is 48.5 Å². The van der Waals surface area contributed by atoms with E-state index in [2.05, 4.69) is 26.2 Å². The Labute approximate surface area is 178 Å². The third kappa shape index (κ3) is 2.83. The number of alkyl halides is 1. The van der Waals surface area contributed by atoms with Crippen molar-refractivity contribution >= 4 is 51.5 Å². The fraction of sp³-hybridized carbons (Fsp3) is 0.550. The van der Waals surface area contributed by atoms with Crippen molar-refractivity contribution in [3.8, 4) is 0 Å². The number of hydrogen-bond donors (Lipinski definition) is 1. The molecule has 4 nitrogen and oxygen atoms in total. The van der Waals surface area contributed by atoms with Crippen LogP contribution in [0, 0.1) is 11.7 Å². The molecule has 3 unspecified atom stereocenters. The Hall–Kier alpha value is -1.11. The smallest absolute Gasteiger partial charge is 0.160 e. The van der Waals surface area contributed by atoms with Crippen molar-refractivity contribution in [2.75, 3.05) is 31.5 Å². The predicted molar refractivity (Wildman–Crippen MR) is 115 cm³/mol. The highest BCUT2D eigenvalue weighted by Gasteiger charge is 2.54. The van der Waals surface area contributed by atoms with E-state index in [1.54, 1.807) is 17.8 Å². The Balaban J connectivity index is 1.35. The maximum atomic E-state index is 14.0. The van der Waals surface area contributed by atoms with E-state index in [9.17, 15) is 4.39 Å². The Bertz CT molecular complexity index is 916. The minimum Gasteiger partial charge on any atom is -0.381 e. The summed E-state index contributed by atoms with van der Waals surface area (Å²) < 4.78 is 14.1. The predicted octanol–water partition coefficient (Wildman–Crippen LogP) is 4.45. The van der Waals surface area contributed by atoms with E-state index >= 15 is 0 Å². The molecule has 0 aromatic heterocycles. The van der Waals surface area contributed by atoms with Gasteiger partial charge in [0.1, 0.15) is 10.5 Å². The van der Waals surface area contributed by atoms with Crippen molar-refractivity contribution < 1.29 is 4.39 Å². The number of anilines is 1. The molecule has 2 saturated carbocycles. The molecule has 0 bridgehead atoms. The zero-order valence-electron chi connectivity index (χ0n) is 15.3. The van der Waals surface area contributed by atoms with Crippen LogP contribution < -0.4 is 5.32 Å². The lowest BCUT2D eigenvalue weighted by atomic mass is 10.0. The number of amidine groups is 1. The topological polar surface area (TPSA) is 30.9 Å². The minimum absolute atomic E-state index is 0.0613. The summed E-state index contributed by atoms with van der Waals surface area (Å²) in [6.07, 6.45) is 5.81. The van der Waals surface area contributed by atoms with E-state index < -0.39 is 0 Å². The Morgan fingerprint density at radius 1 is 1.29 bits per heavy atom. The Morgan fingerprint density at radius 3 is 2.89 bits per heavy atom. The van der Waals surface area contributed by atoms with E-state index in [4.69, 9.17) is 23.2 Å². The normalized spacial score (nSPS) is 32.2. The lowest BCUT2D eigenvalue weighted by molar-refractivity contribution is 0.157. The van der Waals surface area contributed by atoms with Gasteiger partial charge < -0.3 is 15.1 Å². The maximum Gasteiger partial charge on any atom is 0.160 e. The SMILES string of the molecule is Fc1cc(Cl)c2c(c1)NC1CC1C=C2N1CCN(C2=NCC(Cl)S2)CC12CC2. The largest absolute Gasteiger partial charge is 0.381 e. The van der Waals surface area contributed by atoms with Crippen LogP contribution in [0.2, 0.25) is 5.02 Å². The van der Waals surface area contributed by atoms with Crippen molar-refractivity contribution in [2.24, 2.45) is 10.9 Å². The minimum atomic E-state index is -0.285. The van der Waals surface area contributed by atoms with Gasteiger partial charge in [-0.05, 0) is 31.4 Å². The van der Waals surface area contributed by atoms with Crippen molar-refractivity contribution in [3.63, 3.8) is 0 Å². The van der Waals surface area contributed by atoms with Crippen molar-refractivity contribution in [3.05, 3.63) is 34.6 Å². The van der Waals surface area contributed by atoms with Gasteiger partial charge in [0.05, 0.1) is 17.1 Å². The van der Waals surface area contributed by atoms with Crippen LogP contribution in [0.1, 0.15) is 24.8 Å². The molecule has 2 aliphatic carbocycles. The molecule has 0 radical (unpaired) electrons. The first-order chi connectivity index (χ1) is 13.5. The molecule has 1 saturated heterocycles. The number of hydrogen-bond acceptors (Lipinski definition) is 5. The average Bonchev–Trinajstić information content (AvgIpc) is 3.53. The fourth-order valence-electron chi connectivity index (χ4n) is 4.83. The molecule has 6 rings (SSSR count). The molecule has 1 spiro atoms. The van der Waals surface area contributed by atoms with Gasteiger partial charge in [0.2, 0.25) is 0 Å². The standard InChI is InChI=1S/C20H21Cl2FN4S/c21-13-7-12(23)8-15-18(13)16(6-11-5-14(11)25-15)27-4-3-26(10-20(27)1-2-20)19-24-9-17(22)28-19/h6-8,11,14,17,25H,1-5,9-10H2. The van der Waals surface area contributed by atoms with Crippen LogP contribution in [0.3, 0.4) is 0 Å². The Morgan fingerprint density at radius 2 is 2.14 bits per heavy atom. The summed E-state index contributed by atoms with van der Waals surface area (Å²) in [5.74, 6) is 0.217. The summed E-state index contributed by atoms with van der Waals surface area (Å²) in [6, 6.07) is 3.43. The van der Waals surface area contributed by atoms with Gasteiger partial charge in [0.15, 0.2) is 5.17 Å². The van der Waals surface area contributed by atoms with Crippen LogP contribution in [0.25, 0.3) is 5.70 Å². The van der Waals surface area contributed by atoms with Crippen LogP contribution in [-0.4, -0.2) is 57.4 Å². The molecular weight excluding hydrogens is 418 g/mol.